The van der Waals surface area contributed by atoms with Crippen LogP contribution in [0.25, 0.3) is 21.8 Å². The number of hydrogen-bond donors (Lipinski definition) is 20. The fourth-order valence-electron chi connectivity index (χ4n) is 17.1. The number of thioether (sulfide) groups is 1. The topological polar surface area (TPSA) is 641 Å². The lowest BCUT2D eigenvalue weighted by molar-refractivity contribution is -0.149. The van der Waals surface area contributed by atoms with E-state index in [1.165, 1.54) is 69.8 Å². The average Bonchev–Trinajstić information content (AvgIpc) is 1.60. The van der Waals surface area contributed by atoms with Crippen LogP contribution in [0.15, 0.2) is 110 Å². The number of fused-ring (bicyclic) bond motifs is 4. The Morgan fingerprint density at radius 2 is 1.11 bits per heavy atom. The number of nitrogens with one attached hydrogen (secondary N) is 15. The minimum atomic E-state index is -2.08. The Hall–Kier alpha value is -14.1. The Bertz CT molecular complexity index is 5340. The molecule has 6 aromatic rings. The largest absolute Gasteiger partial charge is 0.510 e. The van der Waals surface area contributed by atoms with Gasteiger partial charge in [-0.2, -0.15) is 0 Å². The monoisotopic (exact) mass is 1920 g/mol. The van der Waals surface area contributed by atoms with Crippen molar-refractivity contribution in [3.8, 4) is 5.75 Å². The highest BCUT2D eigenvalue weighted by Gasteiger charge is 2.47. The standard InChI is InChI=1S/C93H130N24O19S/c1-11-13-26-71-84(128)105-63(25-19-35-99-93(96)97)81(125)111-70(80(124)102-46-76(95)121)47-137-48-77(122)104-67(38-54-30-32-58(119)33-31-54)88(132)113(8)52(6)79(123)108-69(42-75(94)120)91(135)117-51(5)29-34-73(117)86(130)107-65(41-57-45-98-49-103-57)82(126)109-66(37-50(3)4)90(134)116-36-20-28-72(116)85(129)106-64(39-55-43-100-61-23-17-15-21-59(55)61)83(127)112-78(53(7)118)87(131)110-68(40-56-44-101-62-24-18-16-22-60(56)62)89(133)115(10)74(27-14-12-2)92(136)114(71)9/h15-18,21-24,30-33,43-45,49-52,63-74,78,100-101,118-119H,7,11-14,19-20,25-29,34-42,46-48H2,1-6,8-10H3,(H2,94,120)(H2,95,121)(H,98,103)(H,102,124)(H,104,122)(H,105,128)(H,106,129)(H,107,130)(H,108,123)(H,109,126)(H,110,131)(H,111,125)(H,112,127)(H4,96,97,99)/t51-,52-,63-,64-,65-,66-,67-,68-,69-,70?,71-,72-,73-,74-,78-/m0/s1. The molecule has 3 aliphatic heterocycles. The number of amides is 17. The molecule has 43 nitrogen and oxygen atoms in total. The van der Waals surface area contributed by atoms with Crippen molar-refractivity contribution in [2.75, 3.05) is 52.3 Å². The van der Waals surface area contributed by atoms with Crippen molar-refractivity contribution in [3.63, 3.8) is 0 Å². The summed E-state index contributed by atoms with van der Waals surface area (Å²) in [6.07, 6.45) is 5.90. The summed E-state index contributed by atoms with van der Waals surface area (Å²) >= 11 is 0.763. The molecular weight excluding hydrogens is 1790 g/mol. The summed E-state index contributed by atoms with van der Waals surface area (Å²) in [4.78, 5) is 271. The van der Waals surface area contributed by atoms with Gasteiger partial charge in [-0.25, -0.2) is 4.98 Å². The van der Waals surface area contributed by atoms with Gasteiger partial charge in [-0.3, -0.25) is 86.9 Å². The van der Waals surface area contributed by atoms with Gasteiger partial charge in [0.05, 0.1) is 25.0 Å². The van der Waals surface area contributed by atoms with Crippen LogP contribution in [0.5, 0.6) is 5.75 Å². The minimum absolute atomic E-state index is 0.0115. The SMILES string of the molecule is C=C(O)[C@@H]1NC(=O)[C@H](Cc2c[nH]c3ccccc23)NC(=O)[C@@H]2CCCN2C(=O)[C@H](CC(C)C)NC(=O)[C@H](Cc2cnc[nH]2)NC(=O)[C@@H]2CC[C@H](C)N2C(=O)[C@H](CC(N)=O)NC(=O)[C@H](C)N(C)C(=O)[C@H](Cc2ccc(O)cc2)NC(=O)CSCC(C(=O)NCC(N)=O)NC(=O)[C@H](CCCNC(=N)N)NC(=O)[C@H](CCCC)N(C)C(=O)[C@H](CCCC)N(C)C(=O)[C@H](Cc2c[nH]c3ccccc23)NC1=O. The number of carbonyl (C=O) groups excluding carboxylic acids is 17. The van der Waals surface area contributed by atoms with Crippen molar-refractivity contribution in [1.82, 2.24) is 103 Å². The van der Waals surface area contributed by atoms with Crippen LogP contribution in [0.2, 0.25) is 0 Å². The fourth-order valence-corrected chi connectivity index (χ4v) is 18.0. The average molecular weight is 1920 g/mol. The quantitative estimate of drug-likeness (QED) is 0.0142. The van der Waals surface area contributed by atoms with Crippen LogP contribution < -0.4 is 75.7 Å². The number of aliphatic hydroxyl groups is 1. The zero-order valence-electron chi connectivity index (χ0n) is 78.6. The molecule has 0 aliphatic carbocycles. The van der Waals surface area contributed by atoms with Gasteiger partial charge in [0.15, 0.2) is 12.0 Å². The molecule has 3 aliphatic rings. The number of likely N-dealkylation sites (N-methyl/N-ethyl adjacent to an activating group) is 3. The van der Waals surface area contributed by atoms with Crippen LogP contribution >= 0.6 is 11.8 Å². The summed E-state index contributed by atoms with van der Waals surface area (Å²) in [6, 6.07) is -2.74. The summed E-state index contributed by atoms with van der Waals surface area (Å²) in [5.41, 5.74) is 19.9. The van der Waals surface area contributed by atoms with Crippen LogP contribution in [0.4, 0.5) is 0 Å². The summed E-state index contributed by atoms with van der Waals surface area (Å²) in [7, 11) is 3.91. The Kier molecular flexibility index (Phi) is 39.3. The molecule has 15 atom stereocenters. The number of primary amides is 2. The van der Waals surface area contributed by atoms with Gasteiger partial charge in [-0.1, -0.05) is 108 Å². The maximum absolute atomic E-state index is 15.8. The zero-order chi connectivity index (χ0) is 100. The number of unbranched alkanes of at least 4 members (excludes halogenated alkanes) is 2. The third-order valence-electron chi connectivity index (χ3n) is 24.7. The van der Waals surface area contributed by atoms with E-state index in [0.717, 1.165) is 31.4 Å². The van der Waals surface area contributed by atoms with Gasteiger partial charge in [0.2, 0.25) is 94.5 Å². The van der Waals surface area contributed by atoms with Crippen LogP contribution in [0.3, 0.4) is 0 Å². The highest BCUT2D eigenvalue weighted by Crippen LogP contribution is 2.30. The maximum atomic E-state index is 15.8. The second-order valence-corrected chi connectivity index (χ2v) is 36.5. The number of carbonyl (C=O) groups is 17. The van der Waals surface area contributed by atoms with Crippen LogP contribution in [0.1, 0.15) is 154 Å². The molecule has 0 radical (unpaired) electrons. The number of para-hydroxylation sites is 2. The Balaban J connectivity index is 1.11. The van der Waals surface area contributed by atoms with E-state index in [4.69, 9.17) is 22.6 Å². The van der Waals surface area contributed by atoms with Gasteiger partial charge in [0, 0.05) is 118 Å². The molecule has 742 valence electrons. The molecule has 1 unspecified atom stereocenters. The number of aliphatic hydroxyl groups excluding tert-OH is 1. The van der Waals surface area contributed by atoms with Crippen molar-refractivity contribution in [3.05, 3.63) is 132 Å². The van der Waals surface area contributed by atoms with Gasteiger partial charge in [-0.05, 0) is 119 Å². The second-order valence-electron chi connectivity index (χ2n) is 35.5. The molecule has 6 heterocycles. The molecule has 3 saturated heterocycles. The van der Waals surface area contributed by atoms with Gasteiger partial charge in [0.1, 0.15) is 90.1 Å². The van der Waals surface area contributed by atoms with E-state index < -0.39 is 227 Å². The van der Waals surface area contributed by atoms with Gasteiger partial charge < -0.3 is 125 Å². The number of aromatic nitrogens is 4. The molecule has 3 aromatic heterocycles. The number of phenols is 1. The summed E-state index contributed by atoms with van der Waals surface area (Å²) < 4.78 is 0. The molecule has 0 spiro atoms. The Morgan fingerprint density at radius 1 is 0.555 bits per heavy atom. The molecule has 0 bridgehead atoms. The van der Waals surface area contributed by atoms with Crippen molar-refractivity contribution in [2.45, 2.75) is 248 Å². The van der Waals surface area contributed by atoms with Gasteiger partial charge in [0.25, 0.3) is 5.91 Å². The number of aromatic hydroxyl groups is 1. The predicted octanol–water partition coefficient (Wildman–Crippen LogP) is -0.432. The lowest BCUT2D eigenvalue weighted by Gasteiger charge is -2.36. The minimum Gasteiger partial charge on any atom is -0.510 e. The molecule has 17 amide bonds. The predicted molar refractivity (Wildman–Crippen MR) is 508 cm³/mol. The van der Waals surface area contributed by atoms with Crippen molar-refractivity contribution in [1.29, 1.82) is 5.41 Å². The van der Waals surface area contributed by atoms with Crippen molar-refractivity contribution in [2.24, 2.45) is 23.1 Å². The van der Waals surface area contributed by atoms with Crippen LogP contribution in [-0.4, -0.2) is 304 Å². The Morgan fingerprint density at radius 3 is 1.71 bits per heavy atom. The molecule has 3 fully saturated rings. The number of rotatable bonds is 26. The summed E-state index contributed by atoms with van der Waals surface area (Å²) in [5.74, 6) is -18.6. The molecule has 0 saturated carbocycles. The van der Waals surface area contributed by atoms with E-state index in [-0.39, 0.29) is 108 Å². The number of hydrogen-bond acceptors (Lipinski definition) is 22. The number of guanidine groups is 1. The number of imidazole rings is 1. The van der Waals surface area contributed by atoms with E-state index in [1.807, 2.05) is 13.8 Å². The highest BCUT2D eigenvalue weighted by molar-refractivity contribution is 8.00. The first-order valence-electron chi connectivity index (χ1n) is 46.1. The van der Waals surface area contributed by atoms with E-state index in [1.54, 1.807) is 81.7 Å². The third kappa shape index (κ3) is 29.5. The number of phenolic OH excluding ortho intramolecular Hbond substituents is 1. The first kappa shape index (κ1) is 107. The smallest absolute Gasteiger partial charge is 0.251 e. The zero-order valence-corrected chi connectivity index (χ0v) is 79.4. The van der Waals surface area contributed by atoms with Crippen LogP contribution in [0, 0.1) is 11.3 Å². The number of benzene rings is 3. The normalized spacial score (nSPS) is 24.5. The van der Waals surface area contributed by atoms with E-state index in [9.17, 15) is 43.8 Å². The summed E-state index contributed by atoms with van der Waals surface area (Å²) in [5, 5.41) is 60.2. The van der Waals surface area contributed by atoms with Gasteiger partial charge >= 0.3 is 0 Å². The first-order chi connectivity index (χ1) is 65.2. The van der Waals surface area contributed by atoms with E-state index in [0.29, 0.717) is 69.9 Å². The van der Waals surface area contributed by atoms with E-state index in [2.05, 4.69) is 85.0 Å². The highest BCUT2D eigenvalue weighted by atomic mass is 32.2. The lowest BCUT2D eigenvalue weighted by Crippen LogP contribution is -2.61. The van der Waals surface area contributed by atoms with Gasteiger partial charge in [-0.15, -0.1) is 11.8 Å². The van der Waals surface area contributed by atoms with E-state index >= 15 is 47.9 Å². The van der Waals surface area contributed by atoms with Crippen molar-refractivity contribution < 1.29 is 91.7 Å². The second kappa shape index (κ2) is 50.5. The first-order valence-corrected chi connectivity index (χ1v) is 47.2. The fraction of sp³-hybridized carbons (Fsp3) is 0.516. The molecular formula is C93H130N24O19S. The number of H-pyrrole nitrogens is 3. The van der Waals surface area contributed by atoms with Crippen LogP contribution in [-0.2, 0) is 107 Å². The number of aromatic amines is 3. The third-order valence-corrected chi connectivity index (χ3v) is 25.8. The maximum Gasteiger partial charge on any atom is 0.251 e. The van der Waals surface area contributed by atoms with Crippen molar-refractivity contribution >= 4 is 140 Å². The molecule has 23 N–H and O–H groups in total. The molecule has 137 heavy (non-hydrogen) atoms. The summed E-state index contributed by atoms with van der Waals surface area (Å²) in [6.45, 7) is 13.1. The Labute approximate surface area is 797 Å². The molecule has 44 heteroatoms. The number of nitrogens with zero attached hydrogens (tertiary/aromatic N) is 6. The molecule has 3 aromatic carbocycles. The number of nitrogens with two attached hydrogens (primary N) is 3. The lowest BCUT2D eigenvalue weighted by atomic mass is 9.99. The molecule has 9 rings (SSSR count).